The molecule has 6 heteroatoms. The molecule has 2 atom stereocenters. The van der Waals surface area contributed by atoms with E-state index in [4.69, 9.17) is 4.74 Å². The van der Waals surface area contributed by atoms with Crippen LogP contribution in [0.25, 0.3) is 0 Å². The van der Waals surface area contributed by atoms with Gasteiger partial charge in [-0.25, -0.2) is 0 Å². The standard InChI is InChI=1S/C17H21N5O/c1-12-6-16(14(7-18)9-19-12)20-8-13-4-3-5-23-17(13)15-10-21-22(2)11-15/h6,9-11,13,17H,3-5,8H2,1-2H3,(H,19,20)/t13-,17+/m0/s1. The van der Waals surface area contributed by atoms with E-state index in [1.807, 2.05) is 32.4 Å². The van der Waals surface area contributed by atoms with Gasteiger partial charge in [-0.1, -0.05) is 0 Å². The quantitative estimate of drug-likeness (QED) is 0.939. The highest BCUT2D eigenvalue weighted by atomic mass is 16.5. The minimum absolute atomic E-state index is 0.0541. The first-order valence-electron chi connectivity index (χ1n) is 7.88. The van der Waals surface area contributed by atoms with Crippen LogP contribution in [0.4, 0.5) is 5.69 Å². The van der Waals surface area contributed by atoms with Crippen LogP contribution in [0.2, 0.25) is 0 Å². The van der Waals surface area contributed by atoms with Gasteiger partial charge in [-0.3, -0.25) is 9.67 Å². The fourth-order valence-corrected chi connectivity index (χ4v) is 3.04. The average Bonchev–Trinajstić information content (AvgIpc) is 2.99. The molecule has 0 radical (unpaired) electrons. The Morgan fingerprint density at radius 1 is 1.48 bits per heavy atom. The van der Waals surface area contributed by atoms with Gasteiger partial charge in [-0.05, 0) is 25.8 Å². The summed E-state index contributed by atoms with van der Waals surface area (Å²) in [6.07, 6.45) is 7.72. The number of ether oxygens (including phenoxy) is 1. The van der Waals surface area contributed by atoms with Gasteiger partial charge in [-0.2, -0.15) is 10.4 Å². The molecule has 0 amide bonds. The number of nitrogens with one attached hydrogen (secondary N) is 1. The van der Waals surface area contributed by atoms with Gasteiger partial charge in [0, 0.05) is 49.8 Å². The zero-order chi connectivity index (χ0) is 16.2. The lowest BCUT2D eigenvalue weighted by molar-refractivity contribution is -0.0238. The minimum atomic E-state index is 0.0541. The van der Waals surface area contributed by atoms with Crippen molar-refractivity contribution in [2.45, 2.75) is 25.9 Å². The molecule has 6 nitrogen and oxygen atoms in total. The normalized spacial score (nSPS) is 20.9. The van der Waals surface area contributed by atoms with Gasteiger partial charge in [0.1, 0.15) is 6.07 Å². The van der Waals surface area contributed by atoms with Crippen molar-refractivity contribution in [1.82, 2.24) is 14.8 Å². The van der Waals surface area contributed by atoms with Crippen LogP contribution in [-0.4, -0.2) is 27.9 Å². The van der Waals surface area contributed by atoms with Crippen molar-refractivity contribution in [3.8, 4) is 6.07 Å². The van der Waals surface area contributed by atoms with E-state index in [0.717, 1.165) is 42.9 Å². The van der Waals surface area contributed by atoms with Crippen molar-refractivity contribution in [3.05, 3.63) is 41.5 Å². The van der Waals surface area contributed by atoms with Crippen LogP contribution in [0.3, 0.4) is 0 Å². The molecule has 1 aliphatic rings. The van der Waals surface area contributed by atoms with Crippen LogP contribution < -0.4 is 5.32 Å². The molecule has 0 spiro atoms. The lowest BCUT2D eigenvalue weighted by Gasteiger charge is -2.31. The number of hydrogen-bond acceptors (Lipinski definition) is 5. The largest absolute Gasteiger partial charge is 0.383 e. The maximum absolute atomic E-state index is 9.21. The summed E-state index contributed by atoms with van der Waals surface area (Å²) >= 11 is 0. The molecule has 3 rings (SSSR count). The Kier molecular flexibility index (Phi) is 4.58. The second kappa shape index (κ2) is 6.80. The maximum Gasteiger partial charge on any atom is 0.103 e. The zero-order valence-electron chi connectivity index (χ0n) is 13.5. The molecule has 2 aromatic rings. The molecule has 120 valence electrons. The molecule has 1 aliphatic heterocycles. The Balaban J connectivity index is 1.73. The lowest BCUT2D eigenvalue weighted by atomic mass is 9.90. The summed E-state index contributed by atoms with van der Waals surface area (Å²) in [5.41, 5.74) is 3.43. The van der Waals surface area contributed by atoms with Gasteiger partial charge >= 0.3 is 0 Å². The molecule has 1 fully saturated rings. The predicted molar refractivity (Wildman–Crippen MR) is 86.8 cm³/mol. The molecule has 2 aromatic heterocycles. The molecule has 0 saturated carbocycles. The van der Waals surface area contributed by atoms with E-state index in [0.29, 0.717) is 11.5 Å². The van der Waals surface area contributed by atoms with E-state index in [1.165, 1.54) is 0 Å². The fourth-order valence-electron chi connectivity index (χ4n) is 3.04. The highest BCUT2D eigenvalue weighted by Crippen LogP contribution is 2.33. The number of anilines is 1. The molecule has 0 aromatic carbocycles. The summed E-state index contributed by atoms with van der Waals surface area (Å²) in [6, 6.07) is 4.11. The molecular weight excluding hydrogens is 290 g/mol. The van der Waals surface area contributed by atoms with Crippen LogP contribution >= 0.6 is 0 Å². The van der Waals surface area contributed by atoms with Gasteiger partial charge in [0.15, 0.2) is 0 Å². The number of aromatic nitrogens is 3. The minimum Gasteiger partial charge on any atom is -0.383 e. The van der Waals surface area contributed by atoms with Crippen molar-refractivity contribution in [3.63, 3.8) is 0 Å². The van der Waals surface area contributed by atoms with E-state index in [-0.39, 0.29) is 6.10 Å². The first kappa shape index (κ1) is 15.5. The Morgan fingerprint density at radius 3 is 3.09 bits per heavy atom. The Bertz CT molecular complexity index is 718. The van der Waals surface area contributed by atoms with Crippen molar-refractivity contribution in [1.29, 1.82) is 5.26 Å². The predicted octanol–water partition coefficient (Wildman–Crippen LogP) is 2.58. The molecule has 3 heterocycles. The van der Waals surface area contributed by atoms with Crippen LogP contribution in [0.15, 0.2) is 24.7 Å². The first-order valence-corrected chi connectivity index (χ1v) is 7.88. The number of pyridine rings is 1. The first-order chi connectivity index (χ1) is 11.2. The van der Waals surface area contributed by atoms with Gasteiger partial charge in [0.25, 0.3) is 0 Å². The van der Waals surface area contributed by atoms with Gasteiger partial charge < -0.3 is 10.1 Å². The second-order valence-electron chi connectivity index (χ2n) is 6.01. The van der Waals surface area contributed by atoms with Crippen molar-refractivity contribution < 1.29 is 4.74 Å². The molecule has 0 bridgehead atoms. The molecular formula is C17H21N5O. The van der Waals surface area contributed by atoms with Crippen LogP contribution in [0.1, 0.15) is 35.8 Å². The summed E-state index contributed by atoms with van der Waals surface area (Å²) in [5.74, 6) is 0.355. The summed E-state index contributed by atoms with van der Waals surface area (Å²) in [7, 11) is 1.92. The summed E-state index contributed by atoms with van der Waals surface area (Å²) < 4.78 is 7.79. The summed E-state index contributed by atoms with van der Waals surface area (Å²) in [4.78, 5) is 4.17. The molecule has 0 unspecified atom stereocenters. The molecule has 1 N–H and O–H groups in total. The number of aryl methyl sites for hydroxylation is 2. The van der Waals surface area contributed by atoms with Crippen LogP contribution in [-0.2, 0) is 11.8 Å². The van der Waals surface area contributed by atoms with E-state index in [1.54, 1.807) is 10.9 Å². The van der Waals surface area contributed by atoms with E-state index in [2.05, 4.69) is 21.5 Å². The Morgan fingerprint density at radius 2 is 2.35 bits per heavy atom. The number of rotatable bonds is 4. The van der Waals surface area contributed by atoms with Crippen LogP contribution in [0.5, 0.6) is 0 Å². The number of nitrogens with zero attached hydrogens (tertiary/aromatic N) is 4. The average molecular weight is 311 g/mol. The summed E-state index contributed by atoms with van der Waals surface area (Å²) in [5, 5.41) is 16.9. The molecule has 1 saturated heterocycles. The van der Waals surface area contributed by atoms with E-state index >= 15 is 0 Å². The van der Waals surface area contributed by atoms with Gasteiger partial charge in [-0.15, -0.1) is 0 Å². The van der Waals surface area contributed by atoms with Crippen molar-refractivity contribution >= 4 is 5.69 Å². The Labute approximate surface area is 136 Å². The number of nitriles is 1. The third-order valence-corrected chi connectivity index (χ3v) is 4.21. The van der Waals surface area contributed by atoms with Crippen LogP contribution in [0, 0.1) is 24.2 Å². The second-order valence-corrected chi connectivity index (χ2v) is 6.01. The highest BCUT2D eigenvalue weighted by molar-refractivity contribution is 5.56. The summed E-state index contributed by atoms with van der Waals surface area (Å²) in [6.45, 7) is 3.47. The smallest absolute Gasteiger partial charge is 0.103 e. The van der Waals surface area contributed by atoms with Crippen molar-refractivity contribution in [2.75, 3.05) is 18.5 Å². The van der Waals surface area contributed by atoms with Crippen molar-refractivity contribution in [2.24, 2.45) is 13.0 Å². The SMILES string of the molecule is Cc1cc(NC[C@@H]2CCCO[C@H]2c2cnn(C)c2)c(C#N)cn1. The molecule has 23 heavy (non-hydrogen) atoms. The maximum atomic E-state index is 9.21. The highest BCUT2D eigenvalue weighted by Gasteiger charge is 2.28. The van der Waals surface area contributed by atoms with Gasteiger partial charge in [0.2, 0.25) is 0 Å². The van der Waals surface area contributed by atoms with Gasteiger partial charge in [0.05, 0.1) is 23.6 Å². The Hall–Kier alpha value is -2.39. The van der Waals surface area contributed by atoms with E-state index < -0.39 is 0 Å². The number of hydrogen-bond donors (Lipinski definition) is 1. The lowest BCUT2D eigenvalue weighted by Crippen LogP contribution is -2.28. The third-order valence-electron chi connectivity index (χ3n) is 4.21. The molecule has 0 aliphatic carbocycles. The fraction of sp³-hybridized carbons (Fsp3) is 0.471. The van der Waals surface area contributed by atoms with E-state index in [9.17, 15) is 5.26 Å². The topological polar surface area (TPSA) is 75.8 Å². The zero-order valence-corrected chi connectivity index (χ0v) is 13.5. The third kappa shape index (κ3) is 3.51. The monoisotopic (exact) mass is 311 g/mol.